The molecule has 4 heterocycles. The number of aryl methyl sites for hydroxylation is 1. The molecule has 0 aromatic carbocycles. The molecule has 0 aliphatic carbocycles. The second-order valence-corrected chi connectivity index (χ2v) is 8.91. The molecule has 204 valence electrons. The first kappa shape index (κ1) is 30.0. The number of carbonyl (C=O) groups excluding carboxylic acids is 1. The van der Waals surface area contributed by atoms with Gasteiger partial charge in [-0.25, -0.2) is 9.59 Å². The number of hydrogen-bond donors (Lipinski definition) is 2. The van der Waals surface area contributed by atoms with Gasteiger partial charge < -0.3 is 15.1 Å². The average molecular weight is 555 g/mol. The minimum Gasteiger partial charge on any atom is -0.475 e. The van der Waals surface area contributed by atoms with Gasteiger partial charge in [-0.3, -0.25) is 14.7 Å². The molecule has 1 amide bonds. The Morgan fingerprint density at radius 1 is 1.03 bits per heavy atom. The SMILES string of the molecule is Cc1cccc(CN2C(=O)C[C@H]3[C@@H]2CCN3Cc2ccsc2)n1.O=C(O)C(F)(F)F.O=C(O)C(F)(F)F. The number of aromatic nitrogens is 1. The molecule has 2 N–H and O–H groups in total. The van der Waals surface area contributed by atoms with E-state index in [1.54, 1.807) is 11.3 Å². The molecule has 4 rings (SSSR count). The molecule has 0 saturated carbocycles. The molecule has 15 heteroatoms. The van der Waals surface area contributed by atoms with Gasteiger partial charge in [0.15, 0.2) is 0 Å². The number of carboxylic acid groups (broad SMARTS) is 2. The lowest BCUT2D eigenvalue weighted by molar-refractivity contribution is -0.193. The van der Waals surface area contributed by atoms with Crippen molar-refractivity contribution in [3.8, 4) is 0 Å². The van der Waals surface area contributed by atoms with Gasteiger partial charge in [-0.05, 0) is 47.9 Å². The third-order valence-corrected chi connectivity index (χ3v) is 6.19. The van der Waals surface area contributed by atoms with Crippen LogP contribution in [0.5, 0.6) is 0 Å². The number of alkyl halides is 6. The van der Waals surface area contributed by atoms with Crippen LogP contribution in [0.3, 0.4) is 0 Å². The van der Waals surface area contributed by atoms with Crippen molar-refractivity contribution in [3.05, 3.63) is 52.0 Å². The maximum atomic E-state index is 12.5. The number of aliphatic carboxylic acids is 2. The number of hydrogen-bond acceptors (Lipinski definition) is 6. The molecule has 0 bridgehead atoms. The first-order chi connectivity index (χ1) is 17.1. The zero-order valence-electron chi connectivity index (χ0n) is 19.3. The number of fused-ring (bicyclic) bond motifs is 1. The van der Waals surface area contributed by atoms with E-state index in [-0.39, 0.29) is 5.91 Å². The van der Waals surface area contributed by atoms with Crippen LogP contribution in [0.2, 0.25) is 0 Å². The number of amides is 1. The van der Waals surface area contributed by atoms with Gasteiger partial charge in [0, 0.05) is 37.3 Å². The fourth-order valence-corrected chi connectivity index (χ4v) is 4.55. The predicted octanol–water partition coefficient (Wildman–Crippen LogP) is 4.09. The number of pyridine rings is 1. The molecule has 0 unspecified atom stereocenters. The largest absolute Gasteiger partial charge is 0.490 e. The fourth-order valence-electron chi connectivity index (χ4n) is 3.89. The van der Waals surface area contributed by atoms with Crippen LogP contribution in [-0.4, -0.2) is 73.8 Å². The summed E-state index contributed by atoms with van der Waals surface area (Å²) in [7, 11) is 0. The summed E-state index contributed by atoms with van der Waals surface area (Å²) in [6.45, 7) is 4.69. The second-order valence-electron chi connectivity index (χ2n) is 8.13. The van der Waals surface area contributed by atoms with E-state index in [9.17, 15) is 31.1 Å². The van der Waals surface area contributed by atoms with Crippen molar-refractivity contribution < 1.29 is 50.9 Å². The van der Waals surface area contributed by atoms with E-state index < -0.39 is 24.3 Å². The van der Waals surface area contributed by atoms with Crippen molar-refractivity contribution in [1.29, 1.82) is 0 Å². The molecule has 2 aromatic rings. The van der Waals surface area contributed by atoms with Crippen LogP contribution in [0.4, 0.5) is 26.3 Å². The molecule has 0 spiro atoms. The van der Waals surface area contributed by atoms with Gasteiger partial charge in [0.05, 0.1) is 12.2 Å². The van der Waals surface area contributed by atoms with Crippen molar-refractivity contribution in [2.45, 2.75) is 57.3 Å². The number of carbonyl (C=O) groups is 3. The van der Waals surface area contributed by atoms with E-state index in [1.165, 1.54) is 5.56 Å². The Labute approximate surface area is 211 Å². The van der Waals surface area contributed by atoms with E-state index in [0.29, 0.717) is 25.0 Å². The lowest BCUT2D eigenvalue weighted by Crippen LogP contribution is -2.36. The first-order valence-electron chi connectivity index (χ1n) is 10.7. The maximum absolute atomic E-state index is 12.5. The highest BCUT2D eigenvalue weighted by Gasteiger charge is 2.46. The summed E-state index contributed by atoms with van der Waals surface area (Å²) >= 11 is 1.74. The summed E-state index contributed by atoms with van der Waals surface area (Å²) < 4.78 is 63.5. The highest BCUT2D eigenvalue weighted by atomic mass is 32.1. The van der Waals surface area contributed by atoms with Gasteiger partial charge in [-0.2, -0.15) is 37.7 Å². The molecule has 2 aromatic heterocycles. The Kier molecular flexibility index (Phi) is 10.0. The van der Waals surface area contributed by atoms with Gasteiger partial charge in [0.1, 0.15) is 0 Å². The van der Waals surface area contributed by atoms with Crippen molar-refractivity contribution in [3.63, 3.8) is 0 Å². The Hall–Kier alpha value is -3.20. The van der Waals surface area contributed by atoms with Gasteiger partial charge in [0.25, 0.3) is 0 Å². The van der Waals surface area contributed by atoms with Gasteiger partial charge in [0.2, 0.25) is 5.91 Å². The number of nitrogens with zero attached hydrogens (tertiary/aromatic N) is 3. The van der Waals surface area contributed by atoms with E-state index >= 15 is 0 Å². The molecule has 37 heavy (non-hydrogen) atoms. The van der Waals surface area contributed by atoms with Gasteiger partial charge in [-0.15, -0.1) is 0 Å². The van der Waals surface area contributed by atoms with E-state index in [2.05, 4.69) is 31.6 Å². The summed E-state index contributed by atoms with van der Waals surface area (Å²) in [5.41, 5.74) is 3.37. The van der Waals surface area contributed by atoms with Crippen LogP contribution in [-0.2, 0) is 27.5 Å². The quantitative estimate of drug-likeness (QED) is 0.547. The molecule has 2 saturated heterocycles. The summed E-state index contributed by atoms with van der Waals surface area (Å²) in [5.74, 6) is -5.24. The number of carboxylic acids is 2. The minimum absolute atomic E-state index is 0.276. The molecular weight excluding hydrogens is 532 g/mol. The first-order valence-corrected chi connectivity index (χ1v) is 11.6. The summed E-state index contributed by atoms with van der Waals surface area (Å²) in [6, 6.07) is 8.94. The summed E-state index contributed by atoms with van der Waals surface area (Å²) in [6.07, 6.45) is -8.44. The molecule has 2 atom stereocenters. The molecular formula is C22H23F6N3O5S. The normalized spacial score (nSPS) is 19.4. The lowest BCUT2D eigenvalue weighted by atomic mass is 10.1. The summed E-state index contributed by atoms with van der Waals surface area (Å²) in [4.78, 5) is 39.4. The third-order valence-electron chi connectivity index (χ3n) is 5.46. The smallest absolute Gasteiger partial charge is 0.475 e. The Morgan fingerprint density at radius 2 is 1.62 bits per heavy atom. The van der Waals surface area contributed by atoms with Crippen molar-refractivity contribution >= 4 is 29.2 Å². The maximum Gasteiger partial charge on any atom is 0.490 e. The topological polar surface area (TPSA) is 111 Å². The number of rotatable bonds is 4. The highest BCUT2D eigenvalue weighted by molar-refractivity contribution is 7.07. The molecule has 0 radical (unpaired) electrons. The van der Waals surface area contributed by atoms with Crippen molar-refractivity contribution in [1.82, 2.24) is 14.8 Å². The zero-order valence-corrected chi connectivity index (χ0v) is 20.1. The van der Waals surface area contributed by atoms with Gasteiger partial charge >= 0.3 is 24.3 Å². The van der Waals surface area contributed by atoms with Crippen LogP contribution < -0.4 is 0 Å². The Balaban J connectivity index is 0.000000286. The number of thiophene rings is 1. The summed E-state index contributed by atoms with van der Waals surface area (Å²) in [5, 5.41) is 18.6. The molecule has 2 aliphatic rings. The average Bonchev–Trinajstić information content (AvgIpc) is 3.49. The molecule has 2 fully saturated rings. The monoisotopic (exact) mass is 555 g/mol. The molecule has 8 nitrogen and oxygen atoms in total. The predicted molar refractivity (Wildman–Crippen MR) is 118 cm³/mol. The van der Waals surface area contributed by atoms with Crippen LogP contribution in [0, 0.1) is 6.92 Å². The van der Waals surface area contributed by atoms with Crippen LogP contribution in [0.25, 0.3) is 0 Å². The van der Waals surface area contributed by atoms with Crippen molar-refractivity contribution in [2.24, 2.45) is 0 Å². The second kappa shape index (κ2) is 12.4. The molecule has 2 aliphatic heterocycles. The van der Waals surface area contributed by atoms with Crippen LogP contribution in [0.1, 0.15) is 29.8 Å². The van der Waals surface area contributed by atoms with E-state index in [4.69, 9.17) is 19.8 Å². The highest BCUT2D eigenvalue weighted by Crippen LogP contribution is 2.34. The third kappa shape index (κ3) is 9.00. The Bertz CT molecular complexity index is 1050. The van der Waals surface area contributed by atoms with Gasteiger partial charge in [-0.1, -0.05) is 6.07 Å². The van der Waals surface area contributed by atoms with Crippen LogP contribution >= 0.6 is 11.3 Å². The zero-order chi connectivity index (χ0) is 28.0. The number of halogens is 6. The lowest BCUT2D eigenvalue weighted by Gasteiger charge is -2.25. The fraction of sp³-hybridized carbons (Fsp3) is 0.455. The number of likely N-dealkylation sites (tertiary alicyclic amines) is 2. The van der Waals surface area contributed by atoms with Crippen LogP contribution in [0.15, 0.2) is 35.0 Å². The Morgan fingerprint density at radius 3 is 2.11 bits per heavy atom. The van der Waals surface area contributed by atoms with Crippen molar-refractivity contribution in [2.75, 3.05) is 6.54 Å². The van der Waals surface area contributed by atoms with E-state index in [1.807, 2.05) is 25.1 Å². The minimum atomic E-state index is -5.08. The standard InChI is InChI=1S/C18H21N3OS.2C2HF3O2/c1-13-3-2-4-15(19-13)11-21-16-5-7-20(17(16)9-18(21)22)10-14-6-8-23-12-14;2*3-2(4,5)1(6)7/h2-4,6,8,12,16-17H,5,7,9-11H2,1H3;2*(H,6,7)/t16-,17-;;/m0../s1. The van der Waals surface area contributed by atoms with E-state index in [0.717, 1.165) is 30.9 Å².